The first-order valence-electron chi connectivity index (χ1n) is 9.10. The Morgan fingerprint density at radius 3 is 2.58 bits per heavy atom. The van der Waals surface area contributed by atoms with E-state index in [0.717, 1.165) is 12.0 Å². The summed E-state index contributed by atoms with van der Waals surface area (Å²) in [6.45, 7) is 7.11. The summed E-state index contributed by atoms with van der Waals surface area (Å²) in [4.78, 5) is 26.5. The molecule has 6 nitrogen and oxygen atoms in total. The lowest BCUT2D eigenvalue weighted by atomic mass is 9.99. The summed E-state index contributed by atoms with van der Waals surface area (Å²) in [5, 5.41) is 3.04. The molecule has 6 heteroatoms. The minimum Gasteiger partial charge on any atom is -0.493 e. The largest absolute Gasteiger partial charge is 0.493 e. The number of nitrogens with one attached hydrogen (secondary N) is 1. The van der Waals surface area contributed by atoms with Crippen molar-refractivity contribution in [3.8, 4) is 11.5 Å². The van der Waals surface area contributed by atoms with Crippen LogP contribution in [0.4, 0.5) is 0 Å². The molecule has 1 unspecified atom stereocenters. The van der Waals surface area contributed by atoms with Crippen molar-refractivity contribution in [2.75, 3.05) is 27.3 Å². The molecule has 144 valence electrons. The van der Waals surface area contributed by atoms with Gasteiger partial charge in [0.05, 0.1) is 20.1 Å². The quantitative estimate of drug-likeness (QED) is 0.771. The van der Waals surface area contributed by atoms with Gasteiger partial charge >= 0.3 is 0 Å². The average molecular weight is 362 g/mol. The Morgan fingerprint density at radius 2 is 1.96 bits per heavy atom. The molecule has 1 N–H and O–H groups in total. The molecule has 0 aliphatic carbocycles. The van der Waals surface area contributed by atoms with Gasteiger partial charge in [-0.2, -0.15) is 0 Å². The summed E-state index contributed by atoms with van der Waals surface area (Å²) >= 11 is 0. The fourth-order valence-corrected chi connectivity index (χ4v) is 2.99. The van der Waals surface area contributed by atoms with Crippen molar-refractivity contribution in [2.45, 2.75) is 45.6 Å². The van der Waals surface area contributed by atoms with Crippen LogP contribution in [0.2, 0.25) is 0 Å². The van der Waals surface area contributed by atoms with E-state index < -0.39 is 0 Å². The summed E-state index contributed by atoms with van der Waals surface area (Å²) in [6, 6.07) is 5.76. The molecule has 1 aliphatic heterocycles. The van der Waals surface area contributed by atoms with Crippen molar-refractivity contribution in [3.63, 3.8) is 0 Å². The molecule has 2 rings (SSSR count). The van der Waals surface area contributed by atoms with Crippen molar-refractivity contribution in [3.05, 3.63) is 23.8 Å². The molecule has 0 bridgehead atoms. The Labute approximate surface area is 155 Å². The van der Waals surface area contributed by atoms with Crippen LogP contribution in [0.5, 0.6) is 11.5 Å². The van der Waals surface area contributed by atoms with Crippen LogP contribution in [0.25, 0.3) is 0 Å². The van der Waals surface area contributed by atoms with Gasteiger partial charge in [0, 0.05) is 25.0 Å². The maximum Gasteiger partial charge on any atom is 0.225 e. The van der Waals surface area contributed by atoms with Gasteiger partial charge in [-0.3, -0.25) is 9.59 Å². The topological polar surface area (TPSA) is 67.9 Å². The van der Waals surface area contributed by atoms with Gasteiger partial charge < -0.3 is 19.7 Å². The first-order chi connectivity index (χ1) is 12.3. The third-order valence-electron chi connectivity index (χ3n) is 5.05. The van der Waals surface area contributed by atoms with Crippen LogP contribution in [0.3, 0.4) is 0 Å². The van der Waals surface area contributed by atoms with Crippen LogP contribution in [0.1, 0.15) is 39.2 Å². The number of benzene rings is 1. The maximum absolute atomic E-state index is 12.4. The monoisotopic (exact) mass is 362 g/mol. The molecule has 0 aromatic heterocycles. The summed E-state index contributed by atoms with van der Waals surface area (Å²) < 4.78 is 10.6. The normalized spacial score (nSPS) is 17.3. The molecule has 1 aromatic rings. The van der Waals surface area contributed by atoms with Crippen LogP contribution < -0.4 is 14.8 Å². The Kier molecular flexibility index (Phi) is 6.51. The summed E-state index contributed by atoms with van der Waals surface area (Å²) in [5.74, 6) is 1.11. The highest BCUT2D eigenvalue weighted by molar-refractivity contribution is 5.89. The number of carbonyl (C=O) groups excluding carboxylic acids is 2. The summed E-state index contributed by atoms with van der Waals surface area (Å²) in [5.41, 5.74) is 0.822. The second-order valence-electron chi connectivity index (χ2n) is 7.41. The van der Waals surface area contributed by atoms with Crippen LogP contribution >= 0.6 is 0 Å². The summed E-state index contributed by atoms with van der Waals surface area (Å²) in [6.07, 6.45) is 1.85. The number of carbonyl (C=O) groups is 2. The molecular weight excluding hydrogens is 332 g/mol. The van der Waals surface area contributed by atoms with Crippen molar-refractivity contribution in [1.82, 2.24) is 10.2 Å². The molecule has 1 saturated heterocycles. The van der Waals surface area contributed by atoms with Crippen LogP contribution in [0.15, 0.2) is 18.2 Å². The number of rotatable bonds is 8. The molecular formula is C20H30N2O4. The van der Waals surface area contributed by atoms with E-state index in [0.29, 0.717) is 31.0 Å². The zero-order chi connectivity index (χ0) is 19.3. The highest BCUT2D eigenvalue weighted by Gasteiger charge is 2.35. The smallest absolute Gasteiger partial charge is 0.225 e. The van der Waals surface area contributed by atoms with Crippen LogP contribution in [0, 0.1) is 5.92 Å². The number of amides is 2. The lowest BCUT2D eigenvalue weighted by Gasteiger charge is -2.26. The zero-order valence-corrected chi connectivity index (χ0v) is 16.4. The molecule has 1 fully saturated rings. The molecule has 0 radical (unpaired) electrons. The predicted octanol–water partition coefficient (Wildman–Crippen LogP) is 2.40. The van der Waals surface area contributed by atoms with Crippen LogP contribution in [-0.4, -0.2) is 49.6 Å². The third kappa shape index (κ3) is 4.90. The fourth-order valence-electron chi connectivity index (χ4n) is 2.99. The Balaban J connectivity index is 1.93. The highest BCUT2D eigenvalue weighted by Crippen LogP contribution is 2.28. The third-order valence-corrected chi connectivity index (χ3v) is 5.05. The van der Waals surface area contributed by atoms with Gasteiger partial charge in [0.25, 0.3) is 0 Å². The lowest BCUT2D eigenvalue weighted by Crippen LogP contribution is -2.46. The molecule has 1 aromatic carbocycles. The van der Waals surface area contributed by atoms with Gasteiger partial charge in [0.15, 0.2) is 11.5 Å². The van der Waals surface area contributed by atoms with Gasteiger partial charge in [0.2, 0.25) is 11.8 Å². The minimum atomic E-state index is -0.265. The Morgan fingerprint density at radius 1 is 1.27 bits per heavy atom. The fraction of sp³-hybridized carbons (Fsp3) is 0.600. The number of hydrogen-bond acceptors (Lipinski definition) is 4. The Hall–Kier alpha value is -2.24. The van der Waals surface area contributed by atoms with E-state index in [1.165, 1.54) is 0 Å². The predicted molar refractivity (Wildman–Crippen MR) is 100 cm³/mol. The number of nitrogens with zero attached hydrogens (tertiary/aromatic N) is 1. The second kappa shape index (κ2) is 8.43. The maximum atomic E-state index is 12.4. The van der Waals surface area contributed by atoms with Gasteiger partial charge in [-0.05, 0) is 44.4 Å². The first-order valence-corrected chi connectivity index (χ1v) is 9.10. The zero-order valence-electron chi connectivity index (χ0n) is 16.4. The van der Waals surface area contributed by atoms with E-state index in [-0.39, 0.29) is 29.7 Å². The summed E-state index contributed by atoms with van der Waals surface area (Å²) in [7, 11) is 3.21. The van der Waals surface area contributed by atoms with Gasteiger partial charge in [-0.25, -0.2) is 0 Å². The molecule has 1 aliphatic rings. The molecule has 1 heterocycles. The highest BCUT2D eigenvalue weighted by atomic mass is 16.5. The minimum absolute atomic E-state index is 0.0289. The lowest BCUT2D eigenvalue weighted by molar-refractivity contribution is -0.129. The first kappa shape index (κ1) is 20.1. The number of ether oxygens (including phenoxy) is 2. The van der Waals surface area contributed by atoms with Crippen molar-refractivity contribution in [1.29, 1.82) is 0 Å². The number of likely N-dealkylation sites (tertiary alicyclic amines) is 1. The molecule has 1 atom stereocenters. The Bertz CT molecular complexity index is 657. The van der Waals surface area contributed by atoms with E-state index in [2.05, 4.69) is 5.32 Å². The molecule has 0 saturated carbocycles. The van der Waals surface area contributed by atoms with E-state index in [9.17, 15) is 9.59 Å². The number of hydrogen-bond donors (Lipinski definition) is 1. The van der Waals surface area contributed by atoms with Gasteiger partial charge in [0.1, 0.15) is 0 Å². The second-order valence-corrected chi connectivity index (χ2v) is 7.41. The average Bonchev–Trinajstić information content (AvgIpc) is 3.00. The SMILES string of the molecule is CCC(C)(C)NC(=O)C1CC(=O)N(CCc2ccc(OC)c(OC)c2)C1. The van der Waals surface area contributed by atoms with Gasteiger partial charge in [-0.1, -0.05) is 13.0 Å². The van der Waals surface area contributed by atoms with Crippen LogP contribution in [-0.2, 0) is 16.0 Å². The molecule has 0 spiro atoms. The van der Waals surface area contributed by atoms with Crippen molar-refractivity contribution < 1.29 is 19.1 Å². The van der Waals surface area contributed by atoms with E-state index >= 15 is 0 Å². The van der Waals surface area contributed by atoms with Gasteiger partial charge in [-0.15, -0.1) is 0 Å². The molecule has 26 heavy (non-hydrogen) atoms. The standard InChI is InChI=1S/C20H30N2O4/c1-6-20(2,3)21-19(24)15-12-18(23)22(13-15)10-9-14-7-8-16(25-4)17(11-14)26-5/h7-8,11,15H,6,9-10,12-13H2,1-5H3,(H,21,24). The van der Waals surface area contributed by atoms with E-state index in [4.69, 9.17) is 9.47 Å². The van der Waals surface area contributed by atoms with E-state index in [1.54, 1.807) is 19.1 Å². The molecule has 2 amide bonds. The van der Waals surface area contributed by atoms with Crippen molar-refractivity contribution >= 4 is 11.8 Å². The van der Waals surface area contributed by atoms with E-state index in [1.807, 2.05) is 39.0 Å². The number of methoxy groups -OCH3 is 2. The van der Waals surface area contributed by atoms with Crippen molar-refractivity contribution in [2.24, 2.45) is 5.92 Å².